The maximum atomic E-state index is 5.78. The molecule has 0 saturated carbocycles. The molecule has 3 heteroatoms. The van der Waals surface area contributed by atoms with E-state index in [-0.39, 0.29) is 0 Å². The van der Waals surface area contributed by atoms with E-state index >= 15 is 0 Å². The van der Waals surface area contributed by atoms with E-state index in [1.807, 2.05) is 19.9 Å². The van der Waals surface area contributed by atoms with Crippen molar-refractivity contribution in [1.82, 2.24) is 0 Å². The van der Waals surface area contributed by atoms with Crippen LogP contribution in [-0.2, 0) is 0 Å². The average Bonchev–Trinajstić information content (AvgIpc) is 2.08. The molecule has 0 unspecified atom stereocenters. The van der Waals surface area contributed by atoms with Gasteiger partial charge in [0.05, 0.1) is 0 Å². The van der Waals surface area contributed by atoms with Gasteiger partial charge in [-0.05, 0) is 31.0 Å². The summed E-state index contributed by atoms with van der Waals surface area (Å²) >= 11 is 4.82. The van der Waals surface area contributed by atoms with Crippen LogP contribution in [-0.4, -0.2) is 5.37 Å². The van der Waals surface area contributed by atoms with Gasteiger partial charge in [0.15, 0.2) is 0 Å². The van der Waals surface area contributed by atoms with E-state index in [9.17, 15) is 0 Å². The van der Waals surface area contributed by atoms with Gasteiger partial charge >= 0.3 is 0 Å². The fourth-order valence-corrected chi connectivity index (χ4v) is 1.34. The van der Waals surface area contributed by atoms with Gasteiger partial charge in [-0.1, -0.05) is 12.2 Å². The fraction of sp³-hybridized carbons (Fsp3) is 0.222. The van der Waals surface area contributed by atoms with Crippen LogP contribution < -0.4 is 11.5 Å². The first-order valence-electron chi connectivity index (χ1n) is 3.68. The molecular formula is C9H12N2S. The Morgan fingerprint density at radius 2 is 1.83 bits per heavy atom. The van der Waals surface area contributed by atoms with Gasteiger partial charge in [-0.3, -0.25) is 0 Å². The quantitative estimate of drug-likeness (QED) is 0.512. The number of thiocarbonyl (C=S) groups is 1. The first kappa shape index (κ1) is 9.00. The lowest BCUT2D eigenvalue weighted by atomic mass is 10.0. The van der Waals surface area contributed by atoms with Crippen LogP contribution in [0.15, 0.2) is 6.07 Å². The minimum absolute atomic E-state index is 0.688. The predicted molar refractivity (Wildman–Crippen MR) is 57.5 cm³/mol. The van der Waals surface area contributed by atoms with Crippen LogP contribution >= 0.6 is 12.2 Å². The number of nitrogen functional groups attached to an aromatic ring is 2. The Labute approximate surface area is 77.6 Å². The normalized spacial score (nSPS) is 9.83. The number of hydrogen-bond acceptors (Lipinski definition) is 3. The molecule has 0 spiro atoms. The molecule has 0 aliphatic rings. The molecule has 0 aromatic heterocycles. The summed E-state index contributed by atoms with van der Waals surface area (Å²) in [6.07, 6.45) is 0. The van der Waals surface area contributed by atoms with Crippen molar-refractivity contribution < 1.29 is 0 Å². The van der Waals surface area contributed by atoms with Crippen molar-refractivity contribution in [3.05, 3.63) is 22.8 Å². The van der Waals surface area contributed by atoms with Crippen molar-refractivity contribution in [3.8, 4) is 0 Å². The predicted octanol–water partition coefficient (Wildman–Crippen LogP) is 1.82. The molecule has 0 amide bonds. The third kappa shape index (κ3) is 1.28. The summed E-state index contributed by atoms with van der Waals surface area (Å²) in [5, 5.41) is 1.58. The van der Waals surface area contributed by atoms with Crippen molar-refractivity contribution in [3.63, 3.8) is 0 Å². The standard InChI is InChI=1S/C9H12N2S/c1-5-3-7(4-12)9(11)6(2)8(5)10/h3-4H,10-11H2,1-2H3. The van der Waals surface area contributed by atoms with Crippen LogP contribution in [0.25, 0.3) is 0 Å². The molecule has 2 nitrogen and oxygen atoms in total. The molecule has 0 aliphatic heterocycles. The van der Waals surface area contributed by atoms with Crippen LogP contribution in [0.2, 0.25) is 0 Å². The molecular weight excluding hydrogens is 168 g/mol. The van der Waals surface area contributed by atoms with Crippen LogP contribution in [0.5, 0.6) is 0 Å². The molecule has 0 heterocycles. The number of hydrogen-bond donors (Lipinski definition) is 2. The molecule has 0 atom stereocenters. The Hall–Kier alpha value is -1.09. The Kier molecular flexibility index (Phi) is 2.33. The molecule has 0 aliphatic carbocycles. The van der Waals surface area contributed by atoms with E-state index in [2.05, 4.69) is 0 Å². The smallest absolute Gasteiger partial charge is 0.0446 e. The van der Waals surface area contributed by atoms with E-state index in [4.69, 9.17) is 23.7 Å². The van der Waals surface area contributed by atoms with Gasteiger partial charge in [-0.15, -0.1) is 0 Å². The van der Waals surface area contributed by atoms with Crippen LogP contribution in [0, 0.1) is 13.8 Å². The number of rotatable bonds is 1. The summed E-state index contributed by atoms with van der Waals surface area (Å²) in [6, 6.07) is 1.91. The SMILES string of the molecule is Cc1cc(C=S)c(N)c(C)c1N. The molecule has 64 valence electrons. The first-order chi connectivity index (χ1) is 5.57. The highest BCUT2D eigenvalue weighted by Crippen LogP contribution is 2.25. The lowest BCUT2D eigenvalue weighted by Gasteiger charge is -2.10. The van der Waals surface area contributed by atoms with Crippen molar-refractivity contribution >= 4 is 29.0 Å². The zero-order valence-electron chi connectivity index (χ0n) is 7.22. The van der Waals surface area contributed by atoms with Gasteiger partial charge < -0.3 is 11.5 Å². The fourth-order valence-electron chi connectivity index (χ4n) is 1.14. The monoisotopic (exact) mass is 180 g/mol. The van der Waals surface area contributed by atoms with E-state index in [1.165, 1.54) is 0 Å². The average molecular weight is 180 g/mol. The number of benzene rings is 1. The maximum Gasteiger partial charge on any atom is 0.0446 e. The van der Waals surface area contributed by atoms with Crippen molar-refractivity contribution in [2.24, 2.45) is 0 Å². The second-order valence-corrected chi connectivity index (χ2v) is 3.09. The zero-order valence-corrected chi connectivity index (χ0v) is 8.03. The molecule has 1 aromatic rings. The summed E-state index contributed by atoms with van der Waals surface area (Å²) in [7, 11) is 0. The number of anilines is 2. The molecule has 0 bridgehead atoms. The number of nitrogens with two attached hydrogens (primary N) is 2. The number of aryl methyl sites for hydroxylation is 1. The van der Waals surface area contributed by atoms with Crippen molar-refractivity contribution in [2.45, 2.75) is 13.8 Å². The molecule has 0 fully saturated rings. The highest BCUT2D eigenvalue weighted by molar-refractivity contribution is 7.79. The van der Waals surface area contributed by atoms with Crippen LogP contribution in [0.4, 0.5) is 11.4 Å². The molecule has 0 saturated heterocycles. The van der Waals surface area contributed by atoms with E-state index < -0.39 is 0 Å². The Bertz CT molecular complexity index is 332. The highest BCUT2D eigenvalue weighted by Gasteiger charge is 2.05. The minimum atomic E-state index is 0.688. The summed E-state index contributed by atoms with van der Waals surface area (Å²) in [5.74, 6) is 0. The van der Waals surface area contributed by atoms with Gasteiger partial charge in [0.1, 0.15) is 0 Å². The van der Waals surface area contributed by atoms with E-state index in [0.29, 0.717) is 5.69 Å². The van der Waals surface area contributed by atoms with Gasteiger partial charge in [0.25, 0.3) is 0 Å². The third-order valence-corrected chi connectivity index (χ3v) is 2.30. The Morgan fingerprint density at radius 1 is 1.25 bits per heavy atom. The summed E-state index contributed by atoms with van der Waals surface area (Å²) in [4.78, 5) is 0. The van der Waals surface area contributed by atoms with Crippen molar-refractivity contribution in [1.29, 1.82) is 0 Å². The van der Waals surface area contributed by atoms with Gasteiger partial charge in [-0.2, -0.15) is 0 Å². The van der Waals surface area contributed by atoms with Gasteiger partial charge in [0, 0.05) is 22.3 Å². The molecule has 0 radical (unpaired) electrons. The molecule has 12 heavy (non-hydrogen) atoms. The largest absolute Gasteiger partial charge is 0.398 e. The zero-order chi connectivity index (χ0) is 9.30. The second-order valence-electron chi connectivity index (χ2n) is 2.85. The first-order valence-corrected chi connectivity index (χ1v) is 4.15. The summed E-state index contributed by atoms with van der Waals surface area (Å²) < 4.78 is 0. The highest BCUT2D eigenvalue weighted by atomic mass is 32.1. The Morgan fingerprint density at radius 3 is 2.33 bits per heavy atom. The maximum absolute atomic E-state index is 5.78. The molecule has 1 rings (SSSR count). The third-order valence-electron chi connectivity index (χ3n) is 2.04. The topological polar surface area (TPSA) is 52.0 Å². The van der Waals surface area contributed by atoms with Crippen LogP contribution in [0.1, 0.15) is 16.7 Å². The second kappa shape index (κ2) is 3.11. The Balaban J connectivity index is 3.49. The van der Waals surface area contributed by atoms with Crippen molar-refractivity contribution in [2.75, 3.05) is 11.5 Å². The minimum Gasteiger partial charge on any atom is -0.398 e. The molecule has 4 N–H and O–H groups in total. The lowest BCUT2D eigenvalue weighted by molar-refractivity contribution is 1.38. The van der Waals surface area contributed by atoms with Gasteiger partial charge in [0.2, 0.25) is 0 Å². The molecule has 1 aromatic carbocycles. The summed E-state index contributed by atoms with van der Waals surface area (Å²) in [6.45, 7) is 3.85. The lowest BCUT2D eigenvalue weighted by Crippen LogP contribution is -2.02. The van der Waals surface area contributed by atoms with E-state index in [0.717, 1.165) is 22.4 Å². The van der Waals surface area contributed by atoms with Gasteiger partial charge in [-0.25, -0.2) is 0 Å². The van der Waals surface area contributed by atoms with E-state index in [1.54, 1.807) is 5.37 Å². The summed E-state index contributed by atoms with van der Waals surface area (Å²) in [5.41, 5.74) is 15.8. The van der Waals surface area contributed by atoms with Crippen LogP contribution in [0.3, 0.4) is 0 Å².